The van der Waals surface area contributed by atoms with Crippen molar-refractivity contribution in [2.45, 2.75) is 19.9 Å². The highest BCUT2D eigenvalue weighted by molar-refractivity contribution is 5.68. The number of aromatic nitrogens is 4. The first-order valence-corrected chi connectivity index (χ1v) is 4.40. The molecule has 0 saturated heterocycles. The molecule has 2 aromatic heterocycles. The summed E-state index contributed by atoms with van der Waals surface area (Å²) in [5.74, 6) is 0. The van der Waals surface area contributed by atoms with Crippen LogP contribution in [0.15, 0.2) is 15.9 Å². The highest BCUT2D eigenvalue weighted by atomic mass is 16.2. The van der Waals surface area contributed by atoms with Crippen LogP contribution in [0.5, 0.6) is 0 Å². The maximum absolute atomic E-state index is 11.3. The molecule has 2 N–H and O–H groups in total. The van der Waals surface area contributed by atoms with Crippen molar-refractivity contribution < 1.29 is 0 Å². The molecule has 74 valence electrons. The van der Waals surface area contributed by atoms with E-state index in [0.29, 0.717) is 5.65 Å². The molecule has 0 radical (unpaired) electrons. The van der Waals surface area contributed by atoms with E-state index in [0.717, 1.165) is 13.0 Å². The molecule has 0 atom stereocenters. The van der Waals surface area contributed by atoms with Gasteiger partial charge >= 0.3 is 5.69 Å². The molecule has 2 rings (SSSR count). The predicted octanol–water partition coefficient (Wildman–Crippen LogP) is -0.177. The molecule has 0 aliphatic rings. The van der Waals surface area contributed by atoms with Crippen LogP contribution in [0, 0.1) is 0 Å². The minimum Gasteiger partial charge on any atom is -0.317 e. The van der Waals surface area contributed by atoms with Gasteiger partial charge in [-0.05, 0) is 6.42 Å². The summed E-state index contributed by atoms with van der Waals surface area (Å²) in [6.45, 7) is 2.74. The van der Waals surface area contributed by atoms with Gasteiger partial charge in [-0.25, -0.2) is 9.78 Å². The number of hydrogen-bond donors (Lipinski definition) is 2. The van der Waals surface area contributed by atoms with Gasteiger partial charge in [0.15, 0.2) is 5.52 Å². The quantitative estimate of drug-likeness (QED) is 0.695. The minimum absolute atomic E-state index is 0.276. The minimum atomic E-state index is -0.500. The van der Waals surface area contributed by atoms with Crippen molar-refractivity contribution in [2.24, 2.45) is 0 Å². The zero-order valence-electron chi connectivity index (χ0n) is 7.70. The highest BCUT2D eigenvalue weighted by Gasteiger charge is 2.06. The number of hydrogen-bond acceptors (Lipinski definition) is 3. The monoisotopic (exact) mass is 194 g/mol. The molecule has 0 saturated carbocycles. The zero-order chi connectivity index (χ0) is 10.1. The molecule has 0 unspecified atom stereocenters. The standard InChI is InChI=1S/C8H10N4O2/c1-2-3-12-4-9-5-6(12)10-8(14)11-7(5)13/h4H,2-3H2,1H3,(H2,10,11,13,14). The summed E-state index contributed by atoms with van der Waals surface area (Å²) in [5.41, 5.74) is -0.183. The summed E-state index contributed by atoms with van der Waals surface area (Å²) < 4.78 is 1.76. The lowest BCUT2D eigenvalue weighted by Gasteiger charge is -1.98. The van der Waals surface area contributed by atoms with Gasteiger partial charge in [0.1, 0.15) is 5.65 Å². The van der Waals surface area contributed by atoms with E-state index in [2.05, 4.69) is 15.0 Å². The van der Waals surface area contributed by atoms with E-state index in [9.17, 15) is 9.59 Å². The fourth-order valence-electron chi connectivity index (χ4n) is 1.39. The number of nitrogens with zero attached hydrogens (tertiary/aromatic N) is 2. The molecule has 14 heavy (non-hydrogen) atoms. The van der Waals surface area contributed by atoms with Gasteiger partial charge in [-0.15, -0.1) is 0 Å². The topological polar surface area (TPSA) is 83.5 Å². The molecule has 6 heteroatoms. The number of imidazole rings is 1. The predicted molar refractivity (Wildman–Crippen MR) is 51.3 cm³/mol. The number of aryl methyl sites for hydroxylation is 1. The van der Waals surface area contributed by atoms with E-state index in [1.165, 1.54) is 0 Å². The van der Waals surface area contributed by atoms with Crippen molar-refractivity contribution in [2.75, 3.05) is 0 Å². The van der Waals surface area contributed by atoms with Gasteiger partial charge in [-0.1, -0.05) is 6.92 Å². The Hall–Kier alpha value is -1.85. The number of H-pyrrole nitrogens is 2. The summed E-state index contributed by atoms with van der Waals surface area (Å²) in [7, 11) is 0. The van der Waals surface area contributed by atoms with Crippen LogP contribution >= 0.6 is 0 Å². The summed E-state index contributed by atoms with van der Waals surface area (Å²) in [6.07, 6.45) is 2.47. The van der Waals surface area contributed by atoms with Gasteiger partial charge in [-0.3, -0.25) is 14.8 Å². The maximum Gasteiger partial charge on any atom is 0.327 e. The molecule has 0 aromatic carbocycles. The van der Waals surface area contributed by atoms with Gasteiger partial charge in [0, 0.05) is 6.54 Å². The fourth-order valence-corrected chi connectivity index (χ4v) is 1.39. The smallest absolute Gasteiger partial charge is 0.317 e. The van der Waals surface area contributed by atoms with E-state index in [-0.39, 0.29) is 5.52 Å². The van der Waals surface area contributed by atoms with Gasteiger partial charge in [0.25, 0.3) is 5.56 Å². The fraction of sp³-hybridized carbons (Fsp3) is 0.375. The highest BCUT2D eigenvalue weighted by Crippen LogP contribution is 2.02. The Balaban J connectivity index is 2.79. The van der Waals surface area contributed by atoms with E-state index in [1.807, 2.05) is 6.92 Å². The van der Waals surface area contributed by atoms with Crippen LogP contribution < -0.4 is 11.2 Å². The van der Waals surface area contributed by atoms with Crippen molar-refractivity contribution in [3.63, 3.8) is 0 Å². The van der Waals surface area contributed by atoms with Crippen molar-refractivity contribution in [1.29, 1.82) is 0 Å². The molecule has 0 spiro atoms. The molecular weight excluding hydrogens is 184 g/mol. The Morgan fingerprint density at radius 2 is 2.21 bits per heavy atom. The van der Waals surface area contributed by atoms with Crippen LogP contribution in [-0.2, 0) is 6.54 Å². The van der Waals surface area contributed by atoms with Crippen LogP contribution in [0.25, 0.3) is 11.2 Å². The summed E-state index contributed by atoms with van der Waals surface area (Å²) in [6, 6.07) is 0. The van der Waals surface area contributed by atoms with Crippen LogP contribution in [0.4, 0.5) is 0 Å². The first kappa shape index (κ1) is 8.74. The lowest BCUT2D eigenvalue weighted by atomic mass is 10.4. The van der Waals surface area contributed by atoms with Crippen molar-refractivity contribution in [3.8, 4) is 0 Å². The van der Waals surface area contributed by atoms with Crippen LogP contribution in [0.3, 0.4) is 0 Å². The van der Waals surface area contributed by atoms with Crippen molar-refractivity contribution >= 4 is 11.2 Å². The van der Waals surface area contributed by atoms with E-state index in [1.54, 1.807) is 10.9 Å². The number of nitrogens with one attached hydrogen (secondary N) is 2. The van der Waals surface area contributed by atoms with Crippen molar-refractivity contribution in [3.05, 3.63) is 27.2 Å². The zero-order valence-corrected chi connectivity index (χ0v) is 7.70. The Bertz CT molecular complexity index is 562. The van der Waals surface area contributed by atoms with E-state index < -0.39 is 11.2 Å². The van der Waals surface area contributed by atoms with Crippen molar-refractivity contribution in [1.82, 2.24) is 19.5 Å². The molecule has 0 aliphatic heterocycles. The third-order valence-electron chi connectivity index (χ3n) is 1.98. The third kappa shape index (κ3) is 1.24. The second kappa shape index (κ2) is 3.13. The molecular formula is C8H10N4O2. The summed E-state index contributed by atoms with van der Waals surface area (Å²) in [5, 5.41) is 0. The average molecular weight is 194 g/mol. The SMILES string of the molecule is CCCn1cnc2c(=O)[nH]c(=O)[nH]c21. The summed E-state index contributed by atoms with van der Waals surface area (Å²) in [4.78, 5) is 30.9. The lowest BCUT2D eigenvalue weighted by Crippen LogP contribution is -2.22. The van der Waals surface area contributed by atoms with Gasteiger partial charge in [0.2, 0.25) is 0 Å². The van der Waals surface area contributed by atoms with Crippen LogP contribution in [-0.4, -0.2) is 19.5 Å². The van der Waals surface area contributed by atoms with Gasteiger partial charge in [-0.2, -0.15) is 0 Å². The van der Waals surface area contributed by atoms with Gasteiger partial charge in [0.05, 0.1) is 6.33 Å². The van der Waals surface area contributed by atoms with E-state index in [4.69, 9.17) is 0 Å². The Labute approximate surface area is 78.6 Å². The molecule has 0 bridgehead atoms. The van der Waals surface area contributed by atoms with Crippen LogP contribution in [0.1, 0.15) is 13.3 Å². The Morgan fingerprint density at radius 1 is 1.43 bits per heavy atom. The maximum atomic E-state index is 11.3. The van der Waals surface area contributed by atoms with Crippen LogP contribution in [0.2, 0.25) is 0 Å². The first-order chi connectivity index (χ1) is 6.72. The molecule has 0 amide bonds. The Morgan fingerprint density at radius 3 is 2.93 bits per heavy atom. The molecule has 6 nitrogen and oxygen atoms in total. The number of rotatable bonds is 2. The molecule has 0 aliphatic carbocycles. The molecule has 0 fully saturated rings. The van der Waals surface area contributed by atoms with E-state index >= 15 is 0 Å². The third-order valence-corrected chi connectivity index (χ3v) is 1.98. The number of aromatic amines is 2. The lowest BCUT2D eigenvalue weighted by molar-refractivity contribution is 0.690. The normalized spacial score (nSPS) is 10.9. The Kier molecular flexibility index (Phi) is 1.95. The van der Waals surface area contributed by atoms with Gasteiger partial charge < -0.3 is 4.57 Å². The first-order valence-electron chi connectivity index (χ1n) is 4.40. The second-order valence-corrected chi connectivity index (χ2v) is 3.04. The second-order valence-electron chi connectivity index (χ2n) is 3.04. The summed E-state index contributed by atoms with van der Waals surface area (Å²) >= 11 is 0. The largest absolute Gasteiger partial charge is 0.327 e. The number of fused-ring (bicyclic) bond motifs is 1. The average Bonchev–Trinajstić information content (AvgIpc) is 2.49. The molecule has 2 heterocycles. The molecule has 2 aromatic rings.